The van der Waals surface area contributed by atoms with Crippen molar-refractivity contribution in [1.29, 1.82) is 0 Å². The monoisotopic (exact) mass is 449 g/mol. The summed E-state index contributed by atoms with van der Waals surface area (Å²) in [5.41, 5.74) is 2.01. The van der Waals surface area contributed by atoms with Gasteiger partial charge in [-0.25, -0.2) is 8.42 Å². The second-order valence-corrected chi connectivity index (χ2v) is 9.60. The Kier molecular flexibility index (Phi) is 5.96. The lowest BCUT2D eigenvalue weighted by atomic mass is 10.2. The molecule has 1 fully saturated rings. The van der Waals surface area contributed by atoms with Crippen LogP contribution in [0, 0.1) is 5.92 Å². The first kappa shape index (κ1) is 21.6. The molecule has 0 bridgehead atoms. The summed E-state index contributed by atoms with van der Waals surface area (Å²) in [6, 6.07) is 21.4. The van der Waals surface area contributed by atoms with Crippen molar-refractivity contribution >= 4 is 38.9 Å². The van der Waals surface area contributed by atoms with E-state index < -0.39 is 10.0 Å². The molecule has 32 heavy (non-hydrogen) atoms. The highest BCUT2D eigenvalue weighted by Gasteiger charge is 2.29. The van der Waals surface area contributed by atoms with Gasteiger partial charge in [-0.15, -0.1) is 0 Å². The van der Waals surface area contributed by atoms with Crippen molar-refractivity contribution in [1.82, 2.24) is 0 Å². The zero-order chi connectivity index (χ0) is 22.7. The van der Waals surface area contributed by atoms with Crippen LogP contribution >= 0.6 is 0 Å². The van der Waals surface area contributed by atoms with Gasteiger partial charge < -0.3 is 10.6 Å². The highest BCUT2D eigenvalue weighted by Crippen LogP contribution is 2.30. The number of amides is 2. The van der Waals surface area contributed by atoms with Crippen molar-refractivity contribution in [2.45, 2.75) is 17.7 Å². The average Bonchev–Trinajstić information content (AvgIpc) is 3.65. The Morgan fingerprint density at radius 1 is 0.844 bits per heavy atom. The maximum atomic E-state index is 12.9. The summed E-state index contributed by atoms with van der Waals surface area (Å²) < 4.78 is 26.9. The molecule has 0 aromatic heterocycles. The second kappa shape index (κ2) is 8.84. The number of rotatable bonds is 7. The van der Waals surface area contributed by atoms with Crippen molar-refractivity contribution in [3.8, 4) is 0 Å². The third-order valence-corrected chi connectivity index (χ3v) is 7.03. The molecule has 7 nitrogen and oxygen atoms in total. The van der Waals surface area contributed by atoms with Gasteiger partial charge in [0.05, 0.1) is 10.6 Å². The molecule has 0 aliphatic heterocycles. The van der Waals surface area contributed by atoms with Gasteiger partial charge in [-0.05, 0) is 67.4 Å². The maximum Gasteiger partial charge on any atom is 0.264 e. The van der Waals surface area contributed by atoms with E-state index in [0.29, 0.717) is 22.6 Å². The number of nitrogens with one attached hydrogen (secondary N) is 2. The van der Waals surface area contributed by atoms with Crippen LogP contribution in [0.2, 0.25) is 0 Å². The number of sulfonamides is 1. The summed E-state index contributed by atoms with van der Waals surface area (Å²) in [6.45, 7) is 0. The molecule has 164 valence electrons. The van der Waals surface area contributed by atoms with Crippen LogP contribution in [0.4, 0.5) is 17.1 Å². The van der Waals surface area contributed by atoms with Crippen molar-refractivity contribution in [3.63, 3.8) is 0 Å². The lowest BCUT2D eigenvalue weighted by Gasteiger charge is -2.19. The number of carbonyl (C=O) groups excluding carboxylic acids is 2. The fraction of sp³-hybridized carbons (Fsp3) is 0.167. The molecule has 2 amide bonds. The Hall–Kier alpha value is -3.65. The molecule has 0 radical (unpaired) electrons. The van der Waals surface area contributed by atoms with Crippen LogP contribution in [0.1, 0.15) is 23.2 Å². The minimum Gasteiger partial charge on any atom is -0.326 e. The zero-order valence-corrected chi connectivity index (χ0v) is 18.3. The molecule has 3 aromatic carbocycles. The Labute approximate surface area is 187 Å². The number of hydrogen-bond donors (Lipinski definition) is 2. The predicted molar refractivity (Wildman–Crippen MR) is 124 cm³/mol. The maximum absolute atomic E-state index is 12.9. The van der Waals surface area contributed by atoms with Gasteiger partial charge in [-0.3, -0.25) is 13.9 Å². The van der Waals surface area contributed by atoms with E-state index in [-0.39, 0.29) is 22.6 Å². The van der Waals surface area contributed by atoms with Crippen molar-refractivity contribution < 1.29 is 18.0 Å². The van der Waals surface area contributed by atoms with E-state index in [1.165, 1.54) is 35.6 Å². The molecule has 3 aromatic rings. The second-order valence-electron chi connectivity index (χ2n) is 7.63. The molecule has 8 heteroatoms. The van der Waals surface area contributed by atoms with Crippen molar-refractivity contribution in [3.05, 3.63) is 84.4 Å². The Morgan fingerprint density at radius 2 is 1.47 bits per heavy atom. The summed E-state index contributed by atoms with van der Waals surface area (Å²) in [6.07, 6.45) is 1.82. The standard InChI is InChI=1S/C24H23N3O4S/c1-27(21-8-3-2-4-9-21)32(30,31)22-14-12-18(13-15-22)24(29)26-20-7-5-6-19(16-20)25-23(28)17-10-11-17/h2-9,12-17H,10-11H2,1H3,(H,25,28)(H,26,29). The number of benzene rings is 3. The molecule has 0 spiro atoms. The number of anilines is 3. The fourth-order valence-corrected chi connectivity index (χ4v) is 4.38. The Balaban J connectivity index is 1.45. The minimum atomic E-state index is -3.75. The van der Waals surface area contributed by atoms with Gasteiger partial charge in [0.25, 0.3) is 15.9 Å². The molecular weight excluding hydrogens is 426 g/mol. The minimum absolute atomic E-state index is 0.00857. The van der Waals surface area contributed by atoms with E-state index in [2.05, 4.69) is 10.6 Å². The first-order valence-electron chi connectivity index (χ1n) is 10.2. The topological polar surface area (TPSA) is 95.6 Å². The first-order valence-corrected chi connectivity index (χ1v) is 11.6. The quantitative estimate of drug-likeness (QED) is 0.567. The summed E-state index contributed by atoms with van der Waals surface area (Å²) in [5.74, 6) is -0.300. The molecular formula is C24H23N3O4S. The van der Waals surface area contributed by atoms with Gasteiger partial charge in [0.2, 0.25) is 5.91 Å². The van der Waals surface area contributed by atoms with Gasteiger partial charge >= 0.3 is 0 Å². The first-order chi connectivity index (χ1) is 15.3. The van der Waals surface area contributed by atoms with Crippen LogP contribution in [0.15, 0.2) is 83.8 Å². The van der Waals surface area contributed by atoms with Gasteiger partial charge in [0, 0.05) is 29.9 Å². The molecule has 0 unspecified atom stereocenters. The normalized spacial score (nSPS) is 13.3. The lowest BCUT2D eigenvalue weighted by Crippen LogP contribution is -2.26. The highest BCUT2D eigenvalue weighted by molar-refractivity contribution is 7.92. The number of carbonyl (C=O) groups is 2. The van der Waals surface area contributed by atoms with E-state index in [1.54, 1.807) is 48.5 Å². The number of hydrogen-bond acceptors (Lipinski definition) is 4. The van der Waals surface area contributed by atoms with E-state index in [9.17, 15) is 18.0 Å². The summed E-state index contributed by atoms with van der Waals surface area (Å²) in [4.78, 5) is 24.6. The van der Waals surface area contributed by atoms with E-state index in [1.807, 2.05) is 6.07 Å². The molecule has 0 heterocycles. The molecule has 0 atom stereocenters. The van der Waals surface area contributed by atoms with Crippen LogP contribution in [0.25, 0.3) is 0 Å². The summed E-state index contributed by atoms with van der Waals surface area (Å²) in [7, 11) is -2.26. The summed E-state index contributed by atoms with van der Waals surface area (Å²) >= 11 is 0. The van der Waals surface area contributed by atoms with Crippen LogP contribution in [0.3, 0.4) is 0 Å². The fourth-order valence-electron chi connectivity index (χ4n) is 3.18. The van der Waals surface area contributed by atoms with Crippen molar-refractivity contribution in [2.75, 3.05) is 22.0 Å². The third-order valence-electron chi connectivity index (χ3n) is 5.23. The van der Waals surface area contributed by atoms with Crippen LogP contribution in [-0.4, -0.2) is 27.3 Å². The van der Waals surface area contributed by atoms with E-state index >= 15 is 0 Å². The average molecular weight is 450 g/mol. The lowest BCUT2D eigenvalue weighted by molar-refractivity contribution is -0.117. The molecule has 2 N–H and O–H groups in total. The third kappa shape index (κ3) is 4.81. The molecule has 0 saturated heterocycles. The number of nitrogens with zero attached hydrogens (tertiary/aromatic N) is 1. The molecule has 4 rings (SSSR count). The van der Waals surface area contributed by atoms with Crippen LogP contribution in [-0.2, 0) is 14.8 Å². The summed E-state index contributed by atoms with van der Waals surface area (Å²) in [5, 5.41) is 5.62. The zero-order valence-electron chi connectivity index (χ0n) is 17.5. The SMILES string of the molecule is CN(c1ccccc1)S(=O)(=O)c1ccc(C(=O)Nc2cccc(NC(=O)C3CC3)c2)cc1. The van der Waals surface area contributed by atoms with Gasteiger partial charge in [-0.1, -0.05) is 24.3 Å². The molecule has 1 aliphatic rings. The van der Waals surface area contributed by atoms with E-state index in [0.717, 1.165) is 12.8 Å². The van der Waals surface area contributed by atoms with Crippen LogP contribution in [0.5, 0.6) is 0 Å². The predicted octanol–water partition coefficient (Wildman–Crippen LogP) is 4.11. The highest BCUT2D eigenvalue weighted by atomic mass is 32.2. The van der Waals surface area contributed by atoms with Gasteiger partial charge in [0.15, 0.2) is 0 Å². The Bertz CT molecular complexity index is 1240. The largest absolute Gasteiger partial charge is 0.326 e. The Morgan fingerprint density at radius 3 is 2.09 bits per heavy atom. The van der Waals surface area contributed by atoms with Gasteiger partial charge in [-0.2, -0.15) is 0 Å². The van der Waals surface area contributed by atoms with Crippen molar-refractivity contribution in [2.24, 2.45) is 5.92 Å². The van der Waals surface area contributed by atoms with E-state index in [4.69, 9.17) is 0 Å². The molecule has 1 aliphatic carbocycles. The van der Waals surface area contributed by atoms with Gasteiger partial charge in [0.1, 0.15) is 0 Å². The van der Waals surface area contributed by atoms with Crippen LogP contribution < -0.4 is 14.9 Å². The number of para-hydroxylation sites is 1. The molecule has 1 saturated carbocycles. The smallest absolute Gasteiger partial charge is 0.264 e.